The topological polar surface area (TPSA) is 42.0 Å². The first-order valence-corrected chi connectivity index (χ1v) is 5.74. The number of rotatable bonds is 3. The number of amides is 1. The van der Waals surface area contributed by atoms with E-state index in [4.69, 9.17) is 0 Å². The second kappa shape index (κ2) is 5.56. The van der Waals surface area contributed by atoms with Gasteiger partial charge in [-0.1, -0.05) is 6.07 Å². The van der Waals surface area contributed by atoms with Gasteiger partial charge in [0, 0.05) is 12.4 Å². The fraction of sp³-hybridized carbons (Fsp3) is 0.143. The summed E-state index contributed by atoms with van der Waals surface area (Å²) in [6.07, 6.45) is 3.20. The Morgan fingerprint density at radius 2 is 1.89 bits per heavy atom. The molecule has 0 saturated carbocycles. The minimum Gasteiger partial charge on any atom is -0.345 e. The second-order valence-corrected chi connectivity index (χ2v) is 4.08. The average molecular weight is 262 g/mol. The van der Waals surface area contributed by atoms with Gasteiger partial charge in [-0.15, -0.1) is 0 Å². The predicted octanol–water partition coefficient (Wildman–Crippen LogP) is 2.85. The van der Waals surface area contributed by atoms with Crippen LogP contribution in [-0.4, -0.2) is 10.9 Å². The molecule has 2 aromatic rings. The van der Waals surface area contributed by atoms with Crippen molar-refractivity contribution in [2.75, 3.05) is 0 Å². The van der Waals surface area contributed by atoms with Crippen molar-refractivity contribution < 1.29 is 13.6 Å². The Morgan fingerprint density at radius 3 is 2.58 bits per heavy atom. The summed E-state index contributed by atoms with van der Waals surface area (Å²) < 4.78 is 26.5. The largest absolute Gasteiger partial charge is 0.345 e. The normalized spacial score (nSPS) is 11.9. The fourth-order valence-corrected chi connectivity index (χ4v) is 1.69. The van der Waals surface area contributed by atoms with Crippen LogP contribution in [0, 0.1) is 11.6 Å². The molecule has 1 amide bonds. The molecule has 0 aliphatic heterocycles. The number of halogens is 2. The van der Waals surface area contributed by atoms with Gasteiger partial charge in [0.1, 0.15) is 0 Å². The Balaban J connectivity index is 2.16. The molecule has 19 heavy (non-hydrogen) atoms. The third-order valence-corrected chi connectivity index (χ3v) is 2.75. The monoisotopic (exact) mass is 262 g/mol. The van der Waals surface area contributed by atoms with Crippen LogP contribution in [0.5, 0.6) is 0 Å². The van der Waals surface area contributed by atoms with Gasteiger partial charge in [0.25, 0.3) is 5.91 Å². The van der Waals surface area contributed by atoms with E-state index in [9.17, 15) is 13.6 Å². The van der Waals surface area contributed by atoms with Gasteiger partial charge in [0.2, 0.25) is 0 Å². The lowest BCUT2D eigenvalue weighted by molar-refractivity contribution is 0.0934. The number of nitrogens with one attached hydrogen (secondary N) is 1. The van der Waals surface area contributed by atoms with Crippen LogP contribution in [0.4, 0.5) is 8.78 Å². The number of nitrogens with zero attached hydrogens (tertiary/aromatic N) is 1. The van der Waals surface area contributed by atoms with Crippen molar-refractivity contribution >= 4 is 5.91 Å². The van der Waals surface area contributed by atoms with Gasteiger partial charge in [-0.05, 0) is 36.8 Å². The molecular weight excluding hydrogens is 250 g/mol. The van der Waals surface area contributed by atoms with Crippen LogP contribution in [-0.2, 0) is 0 Å². The first-order valence-electron chi connectivity index (χ1n) is 5.74. The van der Waals surface area contributed by atoms with Gasteiger partial charge in [-0.25, -0.2) is 8.78 Å². The van der Waals surface area contributed by atoms with Crippen molar-refractivity contribution in [2.24, 2.45) is 0 Å². The van der Waals surface area contributed by atoms with Gasteiger partial charge in [-0.2, -0.15) is 0 Å². The average Bonchev–Trinajstić information content (AvgIpc) is 2.42. The SMILES string of the molecule is C[C@@H](NC(=O)c1cccc(F)c1F)c1ccncc1. The van der Waals surface area contributed by atoms with E-state index >= 15 is 0 Å². The standard InChI is InChI=1S/C14H12F2N2O/c1-9(10-5-7-17-8-6-10)18-14(19)11-3-2-4-12(15)13(11)16/h2-9H,1H3,(H,18,19)/t9-/m1/s1. The molecule has 1 aromatic carbocycles. The first-order chi connectivity index (χ1) is 9.09. The van der Waals surface area contributed by atoms with Gasteiger partial charge >= 0.3 is 0 Å². The molecule has 0 aliphatic carbocycles. The maximum absolute atomic E-state index is 13.5. The lowest BCUT2D eigenvalue weighted by Gasteiger charge is -2.14. The van der Waals surface area contributed by atoms with Crippen molar-refractivity contribution in [3.05, 3.63) is 65.5 Å². The number of hydrogen-bond acceptors (Lipinski definition) is 2. The summed E-state index contributed by atoms with van der Waals surface area (Å²) in [6, 6.07) is 6.67. The summed E-state index contributed by atoms with van der Waals surface area (Å²) in [5.74, 6) is -2.83. The van der Waals surface area contributed by atoms with Crippen LogP contribution in [0.1, 0.15) is 28.9 Å². The zero-order chi connectivity index (χ0) is 13.8. The Hall–Kier alpha value is -2.30. The summed E-state index contributed by atoms with van der Waals surface area (Å²) in [5.41, 5.74) is 0.529. The van der Waals surface area contributed by atoms with Crippen molar-refractivity contribution in [2.45, 2.75) is 13.0 Å². The van der Waals surface area contributed by atoms with Crippen LogP contribution >= 0.6 is 0 Å². The maximum Gasteiger partial charge on any atom is 0.254 e. The molecule has 0 unspecified atom stereocenters. The van der Waals surface area contributed by atoms with E-state index in [0.29, 0.717) is 0 Å². The minimum absolute atomic E-state index is 0.305. The predicted molar refractivity (Wildman–Crippen MR) is 66.5 cm³/mol. The fourth-order valence-electron chi connectivity index (χ4n) is 1.69. The van der Waals surface area contributed by atoms with E-state index in [1.165, 1.54) is 12.1 Å². The number of aromatic nitrogens is 1. The number of pyridine rings is 1. The summed E-state index contributed by atoms with van der Waals surface area (Å²) in [5, 5.41) is 2.61. The van der Waals surface area contributed by atoms with Crippen LogP contribution in [0.3, 0.4) is 0 Å². The summed E-state index contributed by atoms with van der Waals surface area (Å²) in [6.45, 7) is 1.75. The van der Waals surface area contributed by atoms with Gasteiger partial charge in [0.15, 0.2) is 11.6 Å². The molecule has 0 bridgehead atoms. The molecule has 98 valence electrons. The highest BCUT2D eigenvalue weighted by molar-refractivity contribution is 5.94. The highest BCUT2D eigenvalue weighted by Crippen LogP contribution is 2.14. The van der Waals surface area contributed by atoms with Gasteiger partial charge < -0.3 is 5.32 Å². The van der Waals surface area contributed by atoms with E-state index in [1.807, 2.05) is 0 Å². The molecular formula is C14H12F2N2O. The molecule has 2 rings (SSSR count). The highest BCUT2D eigenvalue weighted by atomic mass is 19.2. The summed E-state index contributed by atoms with van der Waals surface area (Å²) in [4.78, 5) is 15.7. The smallest absolute Gasteiger partial charge is 0.254 e. The molecule has 0 saturated heterocycles. The van der Waals surface area contributed by atoms with Crippen molar-refractivity contribution in [1.82, 2.24) is 10.3 Å². The molecule has 1 aromatic heterocycles. The second-order valence-electron chi connectivity index (χ2n) is 4.08. The molecule has 5 heteroatoms. The molecule has 1 N–H and O–H groups in total. The van der Waals surface area contributed by atoms with Crippen LogP contribution < -0.4 is 5.32 Å². The minimum atomic E-state index is -1.14. The third kappa shape index (κ3) is 2.93. The Bertz CT molecular complexity index is 587. The van der Waals surface area contributed by atoms with E-state index in [2.05, 4.69) is 10.3 Å². The molecule has 0 fully saturated rings. The Morgan fingerprint density at radius 1 is 1.21 bits per heavy atom. The quantitative estimate of drug-likeness (QED) is 0.924. The van der Waals surface area contributed by atoms with Gasteiger partial charge in [0.05, 0.1) is 11.6 Å². The third-order valence-electron chi connectivity index (χ3n) is 2.75. The molecule has 0 radical (unpaired) electrons. The van der Waals surface area contributed by atoms with Crippen molar-refractivity contribution in [3.8, 4) is 0 Å². The molecule has 0 spiro atoms. The van der Waals surface area contributed by atoms with Crippen LogP contribution in [0.2, 0.25) is 0 Å². The van der Waals surface area contributed by atoms with Crippen molar-refractivity contribution in [3.63, 3.8) is 0 Å². The first kappa shape index (κ1) is 13.1. The summed E-state index contributed by atoms with van der Waals surface area (Å²) in [7, 11) is 0. The van der Waals surface area contributed by atoms with Crippen molar-refractivity contribution in [1.29, 1.82) is 0 Å². The van der Waals surface area contributed by atoms with E-state index in [-0.39, 0.29) is 11.6 Å². The number of hydrogen-bond donors (Lipinski definition) is 1. The molecule has 0 aliphatic rings. The van der Waals surface area contributed by atoms with E-state index in [0.717, 1.165) is 11.6 Å². The lowest BCUT2D eigenvalue weighted by Crippen LogP contribution is -2.27. The zero-order valence-electron chi connectivity index (χ0n) is 10.2. The summed E-state index contributed by atoms with van der Waals surface area (Å²) >= 11 is 0. The maximum atomic E-state index is 13.5. The lowest BCUT2D eigenvalue weighted by atomic mass is 10.1. The molecule has 1 atom stereocenters. The van der Waals surface area contributed by atoms with Gasteiger partial charge in [-0.3, -0.25) is 9.78 Å². The van der Waals surface area contributed by atoms with E-state index < -0.39 is 17.5 Å². The van der Waals surface area contributed by atoms with E-state index in [1.54, 1.807) is 31.5 Å². The molecule has 3 nitrogen and oxygen atoms in total. The highest BCUT2D eigenvalue weighted by Gasteiger charge is 2.17. The molecule has 1 heterocycles. The number of carbonyl (C=O) groups is 1. The van der Waals surface area contributed by atoms with Crippen LogP contribution in [0.15, 0.2) is 42.7 Å². The zero-order valence-corrected chi connectivity index (χ0v) is 10.2. The number of benzene rings is 1. The van der Waals surface area contributed by atoms with Crippen LogP contribution in [0.25, 0.3) is 0 Å². The Labute approximate surface area is 109 Å². The Kier molecular flexibility index (Phi) is 3.85. The number of carbonyl (C=O) groups excluding carboxylic acids is 1.